The van der Waals surface area contributed by atoms with E-state index in [-0.39, 0.29) is 28.6 Å². The molecule has 1 spiro atoms. The van der Waals surface area contributed by atoms with Gasteiger partial charge in [-0.1, -0.05) is 34.1 Å². The Kier molecular flexibility index (Phi) is 3.76. The molecular weight excluding hydrogens is 238 g/mol. The van der Waals surface area contributed by atoms with Crippen LogP contribution in [0.4, 0.5) is 0 Å². The molecule has 108 valence electrons. The summed E-state index contributed by atoms with van der Waals surface area (Å²) in [6, 6.07) is 0. The average molecular weight is 265 g/mol. The average Bonchev–Trinajstić information content (AvgIpc) is 2.19. The van der Waals surface area contributed by atoms with Gasteiger partial charge in [-0.25, -0.2) is 0 Å². The summed E-state index contributed by atoms with van der Waals surface area (Å²) >= 11 is 0. The van der Waals surface area contributed by atoms with Crippen LogP contribution in [0.15, 0.2) is 0 Å². The first-order chi connectivity index (χ1) is 8.78. The van der Waals surface area contributed by atoms with E-state index in [1.165, 1.54) is 6.42 Å². The van der Waals surface area contributed by atoms with E-state index in [1.54, 1.807) is 0 Å². The Balaban J connectivity index is 2.34. The number of piperidine rings is 1. The largest absolute Gasteiger partial charge is 0.296 e. The Hall–Kier alpha value is -0.860. The van der Waals surface area contributed by atoms with Crippen molar-refractivity contribution >= 4 is 11.8 Å². The molecule has 3 unspecified atom stereocenters. The third-order valence-corrected chi connectivity index (χ3v) is 4.89. The molecule has 1 heterocycles. The lowest BCUT2D eigenvalue weighted by Gasteiger charge is -2.52. The predicted molar refractivity (Wildman–Crippen MR) is 75.4 cm³/mol. The number of hydrogen-bond donors (Lipinski definition) is 1. The highest BCUT2D eigenvalue weighted by atomic mass is 16.2. The van der Waals surface area contributed by atoms with Crippen molar-refractivity contribution in [3.8, 4) is 0 Å². The van der Waals surface area contributed by atoms with Crippen molar-refractivity contribution in [1.82, 2.24) is 5.32 Å². The maximum atomic E-state index is 12.3. The van der Waals surface area contributed by atoms with Gasteiger partial charge in [0.2, 0.25) is 11.8 Å². The van der Waals surface area contributed by atoms with Gasteiger partial charge in [-0.3, -0.25) is 14.9 Å². The Labute approximate surface area is 116 Å². The van der Waals surface area contributed by atoms with E-state index >= 15 is 0 Å². The zero-order valence-corrected chi connectivity index (χ0v) is 12.7. The van der Waals surface area contributed by atoms with E-state index in [0.29, 0.717) is 12.3 Å². The zero-order chi connectivity index (χ0) is 14.3. The molecule has 1 saturated heterocycles. The summed E-state index contributed by atoms with van der Waals surface area (Å²) in [5, 5.41) is 2.55. The Morgan fingerprint density at radius 1 is 1.26 bits per heavy atom. The number of carbonyl (C=O) groups is 2. The van der Waals surface area contributed by atoms with Crippen molar-refractivity contribution in [2.24, 2.45) is 22.7 Å². The third-order valence-electron chi connectivity index (χ3n) is 4.89. The van der Waals surface area contributed by atoms with Crippen LogP contribution >= 0.6 is 0 Å². The molecule has 2 rings (SSSR count). The second kappa shape index (κ2) is 4.92. The van der Waals surface area contributed by atoms with Gasteiger partial charge in [-0.15, -0.1) is 0 Å². The van der Waals surface area contributed by atoms with Gasteiger partial charge < -0.3 is 0 Å². The molecule has 0 bridgehead atoms. The molecule has 3 nitrogen and oxygen atoms in total. The molecule has 19 heavy (non-hydrogen) atoms. The lowest BCUT2D eigenvalue weighted by atomic mass is 9.53. The molecule has 0 aromatic carbocycles. The lowest BCUT2D eigenvalue weighted by molar-refractivity contribution is -0.149. The maximum Gasteiger partial charge on any atom is 0.230 e. The highest BCUT2D eigenvalue weighted by Gasteiger charge is 2.53. The van der Waals surface area contributed by atoms with Gasteiger partial charge in [0.1, 0.15) is 0 Å². The lowest BCUT2D eigenvalue weighted by Crippen LogP contribution is -2.55. The molecule has 1 aliphatic carbocycles. The van der Waals surface area contributed by atoms with Gasteiger partial charge in [0.25, 0.3) is 0 Å². The molecule has 2 amide bonds. The summed E-state index contributed by atoms with van der Waals surface area (Å²) in [5.41, 5.74) is 0.151. The number of carbonyl (C=O) groups excluding carboxylic acids is 2. The Bertz CT molecular complexity index is 388. The second-order valence-electron chi connectivity index (χ2n) is 7.65. The highest BCUT2D eigenvalue weighted by Crippen LogP contribution is 2.56. The van der Waals surface area contributed by atoms with Crippen molar-refractivity contribution in [2.45, 2.75) is 66.2 Å². The van der Waals surface area contributed by atoms with Gasteiger partial charge >= 0.3 is 0 Å². The Morgan fingerprint density at radius 3 is 2.53 bits per heavy atom. The van der Waals surface area contributed by atoms with Crippen LogP contribution in [0.5, 0.6) is 0 Å². The standard InChI is InChI=1S/C16H27NO2/c1-5-6-12-14(19)17-13(18)9-16(12)8-11(2)7-15(3,4)10-16/h11-12H,5-10H2,1-4H3,(H,17,18,19). The van der Waals surface area contributed by atoms with E-state index < -0.39 is 0 Å². The van der Waals surface area contributed by atoms with Crippen LogP contribution in [-0.4, -0.2) is 11.8 Å². The first-order valence-electron chi connectivity index (χ1n) is 7.62. The fourth-order valence-corrected chi connectivity index (χ4v) is 4.92. The summed E-state index contributed by atoms with van der Waals surface area (Å²) < 4.78 is 0. The number of amides is 2. The molecule has 1 aliphatic heterocycles. The maximum absolute atomic E-state index is 12.3. The van der Waals surface area contributed by atoms with E-state index in [4.69, 9.17) is 0 Å². The zero-order valence-electron chi connectivity index (χ0n) is 12.7. The normalized spacial score (nSPS) is 38.3. The van der Waals surface area contributed by atoms with E-state index in [0.717, 1.165) is 25.7 Å². The predicted octanol–water partition coefficient (Wildman–Crippen LogP) is 3.28. The molecule has 2 aliphatic rings. The fraction of sp³-hybridized carbons (Fsp3) is 0.875. The summed E-state index contributed by atoms with van der Waals surface area (Å²) in [7, 11) is 0. The number of imide groups is 1. The van der Waals surface area contributed by atoms with Crippen LogP contribution in [0.25, 0.3) is 0 Å². The first kappa shape index (κ1) is 14.5. The number of hydrogen-bond acceptors (Lipinski definition) is 2. The SMILES string of the molecule is CCCC1C(=O)NC(=O)CC12CC(C)CC(C)(C)C2. The summed E-state index contributed by atoms with van der Waals surface area (Å²) in [6.07, 6.45) is 5.68. The molecule has 1 N–H and O–H groups in total. The fourth-order valence-electron chi connectivity index (χ4n) is 4.92. The van der Waals surface area contributed by atoms with Crippen LogP contribution in [0.3, 0.4) is 0 Å². The smallest absolute Gasteiger partial charge is 0.230 e. The van der Waals surface area contributed by atoms with Gasteiger partial charge in [-0.2, -0.15) is 0 Å². The molecular formula is C16H27NO2. The quantitative estimate of drug-likeness (QED) is 0.779. The van der Waals surface area contributed by atoms with E-state index in [9.17, 15) is 9.59 Å². The molecule has 3 heteroatoms. The van der Waals surface area contributed by atoms with Crippen molar-refractivity contribution < 1.29 is 9.59 Å². The van der Waals surface area contributed by atoms with Crippen LogP contribution in [0.2, 0.25) is 0 Å². The van der Waals surface area contributed by atoms with Crippen molar-refractivity contribution in [1.29, 1.82) is 0 Å². The third kappa shape index (κ3) is 2.85. The Morgan fingerprint density at radius 2 is 1.95 bits per heavy atom. The van der Waals surface area contributed by atoms with Crippen LogP contribution in [0.1, 0.15) is 66.2 Å². The van der Waals surface area contributed by atoms with Crippen LogP contribution < -0.4 is 5.32 Å². The monoisotopic (exact) mass is 265 g/mol. The van der Waals surface area contributed by atoms with E-state index in [2.05, 4.69) is 33.0 Å². The summed E-state index contributed by atoms with van der Waals surface area (Å²) in [4.78, 5) is 24.1. The molecule has 0 radical (unpaired) electrons. The van der Waals surface area contributed by atoms with Crippen molar-refractivity contribution in [3.63, 3.8) is 0 Å². The molecule has 0 aromatic rings. The van der Waals surface area contributed by atoms with Crippen molar-refractivity contribution in [2.75, 3.05) is 0 Å². The first-order valence-corrected chi connectivity index (χ1v) is 7.62. The highest BCUT2D eigenvalue weighted by molar-refractivity contribution is 5.99. The minimum Gasteiger partial charge on any atom is -0.296 e. The molecule has 1 saturated carbocycles. The van der Waals surface area contributed by atoms with Gasteiger partial charge in [0.15, 0.2) is 0 Å². The van der Waals surface area contributed by atoms with Crippen LogP contribution in [0, 0.1) is 22.7 Å². The molecule has 2 fully saturated rings. The van der Waals surface area contributed by atoms with E-state index in [1.807, 2.05) is 0 Å². The van der Waals surface area contributed by atoms with Gasteiger partial charge in [0, 0.05) is 12.3 Å². The number of nitrogens with one attached hydrogen (secondary N) is 1. The molecule has 3 atom stereocenters. The van der Waals surface area contributed by atoms with Gasteiger partial charge in [0.05, 0.1) is 0 Å². The topological polar surface area (TPSA) is 46.2 Å². The van der Waals surface area contributed by atoms with Crippen LogP contribution in [-0.2, 0) is 9.59 Å². The second-order valence-corrected chi connectivity index (χ2v) is 7.65. The van der Waals surface area contributed by atoms with Crippen molar-refractivity contribution in [3.05, 3.63) is 0 Å². The molecule has 0 aromatic heterocycles. The minimum absolute atomic E-state index is 0.0250. The number of rotatable bonds is 2. The summed E-state index contributed by atoms with van der Waals surface area (Å²) in [6.45, 7) is 8.95. The minimum atomic E-state index is -0.0867. The van der Waals surface area contributed by atoms with Gasteiger partial charge in [-0.05, 0) is 42.4 Å². The summed E-state index contributed by atoms with van der Waals surface area (Å²) in [5.74, 6) is 0.532.